The summed E-state index contributed by atoms with van der Waals surface area (Å²) < 4.78 is 15.6. The van der Waals surface area contributed by atoms with E-state index in [0.29, 0.717) is 16.4 Å². The lowest BCUT2D eigenvalue weighted by Gasteiger charge is -2.25. The van der Waals surface area contributed by atoms with E-state index in [1.165, 1.54) is 6.07 Å². The smallest absolute Gasteiger partial charge is 0.242 e. The number of nitrogens with one attached hydrogen (secondary N) is 1. The highest BCUT2D eigenvalue weighted by Crippen LogP contribution is 2.21. The molecular weight excluding hydrogens is 331 g/mol. The third-order valence-corrected chi connectivity index (χ3v) is 4.27. The van der Waals surface area contributed by atoms with Crippen LogP contribution in [0.5, 0.6) is 0 Å². The van der Waals surface area contributed by atoms with Crippen LogP contribution < -0.4 is 5.32 Å². The number of carbonyl (C=O) groups excluding carboxylic acids is 1. The Morgan fingerprint density at radius 3 is 2.71 bits per heavy atom. The highest BCUT2D eigenvalue weighted by molar-refractivity contribution is 6.31. The molecule has 0 spiro atoms. The zero-order valence-corrected chi connectivity index (χ0v) is 15.0. The van der Waals surface area contributed by atoms with E-state index in [0.717, 1.165) is 0 Å². The van der Waals surface area contributed by atoms with Gasteiger partial charge < -0.3 is 5.32 Å². The van der Waals surface area contributed by atoms with Gasteiger partial charge in [-0.3, -0.25) is 9.69 Å². The van der Waals surface area contributed by atoms with E-state index in [-0.39, 0.29) is 24.3 Å². The largest absolute Gasteiger partial charge is 0.310 e. The van der Waals surface area contributed by atoms with Crippen LogP contribution in [0.3, 0.4) is 0 Å². The van der Waals surface area contributed by atoms with Gasteiger partial charge in [-0.05, 0) is 40.0 Å². The molecule has 0 saturated carbocycles. The van der Waals surface area contributed by atoms with Gasteiger partial charge in [-0.15, -0.1) is 0 Å². The average molecular weight is 353 g/mol. The van der Waals surface area contributed by atoms with Gasteiger partial charge >= 0.3 is 0 Å². The van der Waals surface area contributed by atoms with Crippen LogP contribution in [0.4, 0.5) is 10.2 Å². The first kappa shape index (κ1) is 18.4. The van der Waals surface area contributed by atoms with E-state index in [9.17, 15) is 9.18 Å². The summed E-state index contributed by atoms with van der Waals surface area (Å²) >= 11 is 6.05. The van der Waals surface area contributed by atoms with Crippen molar-refractivity contribution < 1.29 is 9.18 Å². The predicted octanol–water partition coefficient (Wildman–Crippen LogP) is 3.72. The first-order valence-electron chi connectivity index (χ1n) is 7.78. The van der Waals surface area contributed by atoms with Crippen molar-refractivity contribution in [2.75, 3.05) is 12.4 Å². The van der Waals surface area contributed by atoms with Crippen LogP contribution in [-0.4, -0.2) is 33.7 Å². The molecule has 1 heterocycles. The van der Waals surface area contributed by atoms with Crippen LogP contribution >= 0.6 is 11.6 Å². The van der Waals surface area contributed by atoms with Gasteiger partial charge in [0.2, 0.25) is 5.91 Å². The Labute approximate surface area is 146 Å². The first-order valence-corrected chi connectivity index (χ1v) is 8.16. The van der Waals surface area contributed by atoms with Crippen molar-refractivity contribution in [2.45, 2.75) is 39.4 Å². The maximum atomic E-state index is 13.9. The van der Waals surface area contributed by atoms with E-state index in [1.54, 1.807) is 47.9 Å². The Bertz CT molecular complexity index is 696. The Balaban J connectivity index is 2.06. The van der Waals surface area contributed by atoms with Gasteiger partial charge in [-0.2, -0.15) is 5.10 Å². The van der Waals surface area contributed by atoms with Crippen molar-refractivity contribution in [3.05, 3.63) is 46.9 Å². The maximum Gasteiger partial charge on any atom is 0.242 e. The number of rotatable bonds is 6. The van der Waals surface area contributed by atoms with Crippen molar-refractivity contribution in [3.8, 4) is 0 Å². The molecule has 1 atom stereocenters. The lowest BCUT2D eigenvalue weighted by molar-refractivity contribution is -0.120. The summed E-state index contributed by atoms with van der Waals surface area (Å²) in [5.41, 5.74) is 0.383. The van der Waals surface area contributed by atoms with Crippen molar-refractivity contribution in [3.63, 3.8) is 0 Å². The monoisotopic (exact) mass is 352 g/mol. The van der Waals surface area contributed by atoms with Crippen molar-refractivity contribution in [1.29, 1.82) is 0 Å². The van der Waals surface area contributed by atoms with Gasteiger partial charge in [0.25, 0.3) is 0 Å². The second kappa shape index (κ2) is 7.77. The number of amides is 1. The summed E-state index contributed by atoms with van der Waals surface area (Å²) in [6.45, 7) is 5.97. The molecule has 0 aliphatic heterocycles. The predicted molar refractivity (Wildman–Crippen MR) is 93.6 cm³/mol. The SMILES string of the molecule is CC(C)n1nccc1NC(=O)[C@H](C)N(C)Cc1c(F)cccc1Cl. The minimum atomic E-state index is -0.462. The van der Waals surface area contributed by atoms with Crippen molar-refractivity contribution >= 4 is 23.3 Å². The summed E-state index contributed by atoms with van der Waals surface area (Å²) in [7, 11) is 1.76. The number of carbonyl (C=O) groups is 1. The van der Waals surface area contributed by atoms with Crippen LogP contribution in [0.25, 0.3) is 0 Å². The third-order valence-electron chi connectivity index (χ3n) is 3.92. The lowest BCUT2D eigenvalue weighted by Crippen LogP contribution is -2.39. The zero-order chi connectivity index (χ0) is 17.9. The van der Waals surface area contributed by atoms with Gasteiger partial charge in [0.15, 0.2) is 0 Å². The van der Waals surface area contributed by atoms with Crippen LogP contribution in [0, 0.1) is 5.82 Å². The number of anilines is 1. The first-order chi connectivity index (χ1) is 11.3. The normalized spacial score (nSPS) is 12.7. The fraction of sp³-hybridized carbons (Fsp3) is 0.412. The van der Waals surface area contributed by atoms with Crippen molar-refractivity contribution in [1.82, 2.24) is 14.7 Å². The maximum absolute atomic E-state index is 13.9. The molecule has 24 heavy (non-hydrogen) atoms. The topological polar surface area (TPSA) is 50.2 Å². The van der Waals surface area contributed by atoms with Crippen LogP contribution in [0.2, 0.25) is 5.02 Å². The van der Waals surface area contributed by atoms with E-state index in [2.05, 4.69) is 10.4 Å². The molecule has 2 rings (SSSR count). The number of nitrogens with zero attached hydrogens (tertiary/aromatic N) is 3. The molecule has 1 N–H and O–H groups in total. The average Bonchev–Trinajstić information content (AvgIpc) is 2.98. The molecule has 1 aromatic heterocycles. The molecule has 2 aromatic rings. The highest BCUT2D eigenvalue weighted by atomic mass is 35.5. The highest BCUT2D eigenvalue weighted by Gasteiger charge is 2.21. The third kappa shape index (κ3) is 4.13. The fourth-order valence-corrected chi connectivity index (χ4v) is 2.55. The second-order valence-corrected chi connectivity index (χ2v) is 6.44. The van der Waals surface area contributed by atoms with E-state index in [4.69, 9.17) is 11.6 Å². The minimum Gasteiger partial charge on any atom is -0.310 e. The summed E-state index contributed by atoms with van der Waals surface area (Å²) in [5.74, 6) is 0.0754. The Kier molecular flexibility index (Phi) is 5.96. The molecule has 0 unspecified atom stereocenters. The Morgan fingerprint density at radius 1 is 1.38 bits per heavy atom. The molecule has 0 fully saturated rings. The summed E-state index contributed by atoms with van der Waals surface area (Å²) in [4.78, 5) is 14.2. The van der Waals surface area contributed by atoms with Gasteiger partial charge in [-0.1, -0.05) is 17.7 Å². The lowest BCUT2D eigenvalue weighted by atomic mass is 10.1. The molecule has 0 radical (unpaired) electrons. The standard InChI is InChI=1S/C17H22ClFN4O/c1-11(2)23-16(8-9-20-23)21-17(24)12(3)22(4)10-13-14(18)6-5-7-15(13)19/h5-9,11-12H,10H2,1-4H3,(H,21,24)/t12-/m0/s1. The number of hydrogen-bond acceptors (Lipinski definition) is 3. The minimum absolute atomic E-state index is 0.139. The summed E-state index contributed by atoms with van der Waals surface area (Å²) in [6, 6.07) is 5.99. The second-order valence-electron chi connectivity index (χ2n) is 6.04. The number of aromatic nitrogens is 2. The molecular formula is C17H22ClFN4O. The molecule has 130 valence electrons. The molecule has 0 saturated heterocycles. The van der Waals surface area contributed by atoms with Crippen LogP contribution in [0.1, 0.15) is 32.4 Å². The Hall–Kier alpha value is -1.92. The van der Waals surface area contributed by atoms with Gasteiger partial charge in [-0.25, -0.2) is 9.07 Å². The van der Waals surface area contributed by atoms with Crippen LogP contribution in [-0.2, 0) is 11.3 Å². The number of likely N-dealkylation sites (N-methyl/N-ethyl adjacent to an activating group) is 1. The van der Waals surface area contributed by atoms with E-state index in [1.807, 2.05) is 13.8 Å². The van der Waals surface area contributed by atoms with Gasteiger partial charge in [0.05, 0.1) is 12.2 Å². The molecule has 0 aliphatic rings. The van der Waals surface area contributed by atoms with Gasteiger partial charge in [0, 0.05) is 29.2 Å². The molecule has 1 aromatic carbocycles. The molecule has 7 heteroatoms. The van der Waals surface area contributed by atoms with Gasteiger partial charge in [0.1, 0.15) is 11.6 Å². The number of benzene rings is 1. The van der Waals surface area contributed by atoms with Crippen molar-refractivity contribution in [2.24, 2.45) is 0 Å². The molecule has 0 aliphatic carbocycles. The quantitative estimate of drug-likeness (QED) is 0.862. The Morgan fingerprint density at radius 2 is 2.08 bits per heavy atom. The zero-order valence-electron chi connectivity index (χ0n) is 14.3. The number of hydrogen-bond donors (Lipinski definition) is 1. The summed E-state index contributed by atoms with van der Waals surface area (Å²) in [6.07, 6.45) is 1.64. The molecule has 5 nitrogen and oxygen atoms in total. The summed E-state index contributed by atoms with van der Waals surface area (Å²) in [5, 5.41) is 7.40. The fourth-order valence-electron chi connectivity index (χ4n) is 2.33. The van der Waals surface area contributed by atoms with Crippen LogP contribution in [0.15, 0.2) is 30.5 Å². The van der Waals surface area contributed by atoms with E-state index >= 15 is 0 Å². The van der Waals surface area contributed by atoms with E-state index < -0.39 is 6.04 Å². The molecule has 0 bridgehead atoms. The number of halogens is 2. The molecule has 1 amide bonds.